The molecule has 2 heterocycles. The van der Waals surface area contributed by atoms with Gasteiger partial charge < -0.3 is 18.9 Å². The van der Waals surface area contributed by atoms with E-state index in [0.29, 0.717) is 87.2 Å². The van der Waals surface area contributed by atoms with Crippen LogP contribution in [-0.4, -0.2) is 84.4 Å². The highest BCUT2D eigenvalue weighted by molar-refractivity contribution is 8.74. The first kappa shape index (κ1) is 32.4. The summed E-state index contributed by atoms with van der Waals surface area (Å²) in [6.07, 6.45) is 11.2. The molecule has 0 aromatic carbocycles. The van der Waals surface area contributed by atoms with Crippen molar-refractivity contribution in [2.75, 3.05) is 39.4 Å². The van der Waals surface area contributed by atoms with Crippen LogP contribution in [0.4, 0.5) is 0 Å². The summed E-state index contributed by atoms with van der Waals surface area (Å²) in [5, 5.41) is 0. The van der Waals surface area contributed by atoms with Crippen molar-refractivity contribution in [1.29, 1.82) is 0 Å². The van der Waals surface area contributed by atoms with Crippen molar-refractivity contribution in [3.8, 4) is 0 Å². The number of esters is 2. The van der Waals surface area contributed by atoms with Crippen molar-refractivity contribution in [2.24, 2.45) is 23.7 Å². The normalized spacial score (nSPS) is 32.5. The molecule has 2 aliphatic carbocycles. The summed E-state index contributed by atoms with van der Waals surface area (Å²) in [6, 6.07) is 0. The lowest BCUT2D eigenvalue weighted by Crippen LogP contribution is -2.28. The predicted octanol–water partition coefficient (Wildman–Crippen LogP) is 5.90. The van der Waals surface area contributed by atoms with E-state index in [2.05, 4.69) is 36.3 Å². The fourth-order valence-corrected chi connectivity index (χ4v) is 8.49. The molecule has 0 amide bonds. The van der Waals surface area contributed by atoms with E-state index in [1.807, 2.05) is 0 Å². The van der Waals surface area contributed by atoms with Crippen LogP contribution in [0.1, 0.15) is 91.9 Å². The van der Waals surface area contributed by atoms with Gasteiger partial charge in [0, 0.05) is 61.0 Å². The third-order valence-electron chi connectivity index (χ3n) is 9.09. The Bertz CT molecular complexity index is 742. The van der Waals surface area contributed by atoms with Gasteiger partial charge in [-0.05, 0) is 62.2 Å². The Morgan fingerprint density at radius 1 is 0.675 bits per heavy atom. The highest BCUT2D eigenvalue weighted by Crippen LogP contribution is 2.45. The lowest BCUT2D eigenvalue weighted by atomic mass is 9.79. The molecule has 0 aromatic heterocycles. The Morgan fingerprint density at radius 3 is 1.48 bits per heavy atom. The third-order valence-corrected chi connectivity index (χ3v) is 11.8. The molecule has 4 fully saturated rings. The lowest BCUT2D eigenvalue weighted by molar-refractivity contribution is -0.146. The molecule has 4 rings (SSSR count). The Labute approximate surface area is 250 Å². The molecule has 2 aliphatic heterocycles. The molecule has 0 aromatic rings. The van der Waals surface area contributed by atoms with Crippen LogP contribution in [-0.2, 0) is 28.5 Å². The third kappa shape index (κ3) is 10.6. The van der Waals surface area contributed by atoms with Gasteiger partial charge in [-0.15, -0.1) is 0 Å². The van der Waals surface area contributed by atoms with E-state index in [1.54, 1.807) is 22.0 Å². The van der Waals surface area contributed by atoms with E-state index >= 15 is 0 Å². The largest absolute Gasteiger partial charge is 0.464 e. The average Bonchev–Trinajstić information content (AvgIpc) is 3.84. The fraction of sp³-hybridized carbons (Fsp3) is 0.933. The maximum atomic E-state index is 12.5. The standard InChI is InChI=1S/C30H52N2O6S2/c1-5-7-9-31(11-13-35-29(33)19-23-17-27-25(37-27)15-21(23)3)39-40-32(10-8-6-2)12-14-36-30(34)20-24-18-28-26(38-28)16-22(24)4/h21-28H,5-20H2,1-4H3. The number of ether oxygens (including phenoxy) is 4. The highest BCUT2D eigenvalue weighted by Gasteiger charge is 2.48. The maximum Gasteiger partial charge on any atom is 0.306 e. The number of hydrogen-bond acceptors (Lipinski definition) is 10. The SMILES string of the molecule is CCCCN(CCOC(=O)CC1CC2OC2CC1C)SSN(CCCC)CCOC(=O)CC1CC2OC2CC1C. The number of carbonyl (C=O) groups is 2. The van der Waals surface area contributed by atoms with Gasteiger partial charge in [-0.25, -0.2) is 8.61 Å². The number of carbonyl (C=O) groups excluding carboxylic acids is 2. The smallest absolute Gasteiger partial charge is 0.306 e. The predicted molar refractivity (Wildman–Crippen MR) is 160 cm³/mol. The van der Waals surface area contributed by atoms with Crippen LogP contribution in [0.15, 0.2) is 0 Å². The van der Waals surface area contributed by atoms with Gasteiger partial charge in [0.15, 0.2) is 0 Å². The quantitative estimate of drug-likeness (QED) is 0.0774. The van der Waals surface area contributed by atoms with Gasteiger partial charge in [-0.1, -0.05) is 40.5 Å². The van der Waals surface area contributed by atoms with Gasteiger partial charge in [-0.3, -0.25) is 9.59 Å². The molecule has 2 saturated carbocycles. The molecule has 8 unspecified atom stereocenters. The molecule has 0 radical (unpaired) electrons. The van der Waals surface area contributed by atoms with Crippen LogP contribution in [0.25, 0.3) is 0 Å². The monoisotopic (exact) mass is 600 g/mol. The molecule has 10 heteroatoms. The molecule has 230 valence electrons. The average molecular weight is 601 g/mol. The molecule has 8 nitrogen and oxygen atoms in total. The first-order valence-electron chi connectivity index (χ1n) is 15.8. The minimum absolute atomic E-state index is 0.0810. The Balaban J connectivity index is 1.13. The van der Waals surface area contributed by atoms with Crippen LogP contribution < -0.4 is 0 Å². The molecule has 4 aliphatic rings. The van der Waals surface area contributed by atoms with Crippen molar-refractivity contribution < 1.29 is 28.5 Å². The fourth-order valence-electron chi connectivity index (χ4n) is 6.14. The van der Waals surface area contributed by atoms with Crippen LogP contribution >= 0.6 is 22.0 Å². The van der Waals surface area contributed by atoms with E-state index < -0.39 is 0 Å². The Morgan fingerprint density at radius 2 is 1.07 bits per heavy atom. The number of fused-ring (bicyclic) bond motifs is 2. The molecule has 0 N–H and O–H groups in total. The summed E-state index contributed by atoms with van der Waals surface area (Å²) in [4.78, 5) is 25.1. The van der Waals surface area contributed by atoms with Gasteiger partial charge in [0.05, 0.1) is 24.4 Å². The van der Waals surface area contributed by atoms with Crippen LogP contribution in [0.2, 0.25) is 0 Å². The van der Waals surface area contributed by atoms with E-state index in [4.69, 9.17) is 18.9 Å². The van der Waals surface area contributed by atoms with Crippen LogP contribution in [0, 0.1) is 23.7 Å². The summed E-state index contributed by atoms with van der Waals surface area (Å²) in [7, 11) is 3.44. The number of hydrogen-bond donors (Lipinski definition) is 0. The summed E-state index contributed by atoms with van der Waals surface area (Å²) < 4.78 is 27.3. The summed E-state index contributed by atoms with van der Waals surface area (Å²) in [5.41, 5.74) is 0. The van der Waals surface area contributed by atoms with Crippen molar-refractivity contribution in [2.45, 2.75) is 116 Å². The van der Waals surface area contributed by atoms with E-state index in [-0.39, 0.29) is 11.9 Å². The summed E-state index contributed by atoms with van der Waals surface area (Å²) in [5.74, 6) is 1.64. The molecule has 0 bridgehead atoms. The summed E-state index contributed by atoms with van der Waals surface area (Å²) in [6.45, 7) is 13.0. The van der Waals surface area contributed by atoms with E-state index in [1.165, 1.54) is 0 Å². The number of nitrogens with zero attached hydrogens (tertiary/aromatic N) is 2. The molecule has 40 heavy (non-hydrogen) atoms. The second kappa shape index (κ2) is 16.4. The Kier molecular flexibility index (Phi) is 13.3. The minimum Gasteiger partial charge on any atom is -0.464 e. The van der Waals surface area contributed by atoms with Crippen molar-refractivity contribution >= 4 is 33.9 Å². The first-order chi connectivity index (χ1) is 19.4. The second-order valence-corrected chi connectivity index (χ2v) is 14.6. The first-order valence-corrected chi connectivity index (χ1v) is 17.9. The summed E-state index contributed by atoms with van der Waals surface area (Å²) >= 11 is 0. The zero-order valence-corrected chi connectivity index (χ0v) is 26.7. The van der Waals surface area contributed by atoms with Crippen molar-refractivity contribution in [3.63, 3.8) is 0 Å². The Hall–Kier alpha value is -0.520. The van der Waals surface area contributed by atoms with Crippen molar-refractivity contribution in [3.05, 3.63) is 0 Å². The number of unbranched alkanes of at least 4 members (excludes halogenated alkanes) is 2. The van der Waals surface area contributed by atoms with Gasteiger partial charge in [0.2, 0.25) is 0 Å². The molecule has 0 spiro atoms. The second-order valence-electron chi connectivity index (χ2n) is 12.4. The minimum atomic E-state index is -0.0810. The zero-order chi connectivity index (χ0) is 28.5. The number of epoxide rings is 2. The zero-order valence-electron chi connectivity index (χ0n) is 25.1. The van der Waals surface area contributed by atoms with E-state index in [9.17, 15) is 9.59 Å². The van der Waals surface area contributed by atoms with Crippen LogP contribution in [0.5, 0.6) is 0 Å². The van der Waals surface area contributed by atoms with Crippen LogP contribution in [0.3, 0.4) is 0 Å². The molecular weight excluding hydrogens is 548 g/mol. The molecule has 2 saturated heterocycles. The lowest BCUT2D eigenvalue weighted by Gasteiger charge is -2.27. The van der Waals surface area contributed by atoms with Crippen molar-refractivity contribution in [1.82, 2.24) is 8.61 Å². The number of rotatable bonds is 19. The highest BCUT2D eigenvalue weighted by atomic mass is 33.1. The van der Waals surface area contributed by atoms with Gasteiger partial charge in [0.25, 0.3) is 0 Å². The topological polar surface area (TPSA) is 84.1 Å². The molecule has 8 atom stereocenters. The van der Waals surface area contributed by atoms with Gasteiger partial charge >= 0.3 is 11.9 Å². The molecular formula is C30H52N2O6S2. The maximum absolute atomic E-state index is 12.5. The van der Waals surface area contributed by atoms with E-state index in [0.717, 1.165) is 64.5 Å². The van der Waals surface area contributed by atoms with Gasteiger partial charge in [-0.2, -0.15) is 0 Å². The van der Waals surface area contributed by atoms with Gasteiger partial charge in [0.1, 0.15) is 13.2 Å².